The zero-order valence-corrected chi connectivity index (χ0v) is 13.8. The monoisotopic (exact) mass is 381 g/mol. The molecule has 0 aliphatic carbocycles. The molecule has 0 amide bonds. The van der Waals surface area contributed by atoms with Crippen molar-refractivity contribution in [1.82, 2.24) is 4.98 Å². The maximum absolute atomic E-state index is 13.3. The van der Waals surface area contributed by atoms with Gasteiger partial charge in [0.15, 0.2) is 0 Å². The lowest BCUT2D eigenvalue weighted by Gasteiger charge is -2.10. The van der Waals surface area contributed by atoms with Crippen molar-refractivity contribution in [3.8, 4) is 17.0 Å². The molecule has 0 saturated heterocycles. The van der Waals surface area contributed by atoms with Crippen LogP contribution in [0.5, 0.6) is 5.75 Å². The number of rotatable bonds is 5. The zero-order valence-electron chi connectivity index (χ0n) is 13.0. The molecule has 0 saturated carbocycles. The van der Waals surface area contributed by atoms with Gasteiger partial charge in [0.25, 0.3) is 0 Å². The molecule has 1 N–H and O–H groups in total. The zero-order chi connectivity index (χ0) is 18.6. The highest BCUT2D eigenvalue weighted by Gasteiger charge is 2.32. The van der Waals surface area contributed by atoms with E-state index in [9.17, 15) is 17.6 Å². The molecule has 0 aliphatic rings. The Morgan fingerprint density at radius 3 is 2.62 bits per heavy atom. The van der Waals surface area contributed by atoms with Gasteiger partial charge < -0.3 is 4.74 Å². The van der Waals surface area contributed by atoms with Gasteiger partial charge in [0.05, 0.1) is 11.9 Å². The van der Waals surface area contributed by atoms with Gasteiger partial charge >= 0.3 is 6.36 Å². The molecule has 26 heavy (non-hydrogen) atoms. The molecule has 1 heterocycles. The van der Waals surface area contributed by atoms with Crippen molar-refractivity contribution in [2.24, 2.45) is 5.10 Å². The standard InChI is InChI=1S/C17H11F4N3OS/c18-13-6-7-15(25-17(19,20)21)12(8-13)9-22-24-16-23-14(10-26-16)11-4-2-1-3-5-11/h1-10H,(H,23,24). The SMILES string of the molecule is Fc1ccc(OC(F)(F)F)c(C=NNc2nc(-c3ccccc3)cs2)c1. The Hall–Kier alpha value is -2.94. The fourth-order valence-corrected chi connectivity index (χ4v) is 2.73. The summed E-state index contributed by atoms with van der Waals surface area (Å²) in [5.74, 6) is -1.25. The van der Waals surface area contributed by atoms with Crippen LogP contribution in [0.2, 0.25) is 0 Å². The fraction of sp³-hybridized carbons (Fsp3) is 0.0588. The van der Waals surface area contributed by atoms with Crippen LogP contribution in [-0.4, -0.2) is 17.6 Å². The van der Waals surface area contributed by atoms with Gasteiger partial charge in [-0.05, 0) is 18.2 Å². The number of thiazole rings is 1. The summed E-state index contributed by atoms with van der Waals surface area (Å²) in [5.41, 5.74) is 4.11. The highest BCUT2D eigenvalue weighted by Crippen LogP contribution is 2.27. The van der Waals surface area contributed by atoms with Crippen molar-refractivity contribution < 1.29 is 22.3 Å². The molecule has 0 aliphatic heterocycles. The second-order valence-electron chi connectivity index (χ2n) is 5.00. The first-order valence-corrected chi connectivity index (χ1v) is 8.14. The van der Waals surface area contributed by atoms with Gasteiger partial charge in [-0.25, -0.2) is 9.37 Å². The molecule has 0 fully saturated rings. The van der Waals surface area contributed by atoms with Gasteiger partial charge in [-0.2, -0.15) is 5.10 Å². The third kappa shape index (κ3) is 4.79. The summed E-state index contributed by atoms with van der Waals surface area (Å²) in [6, 6.07) is 12.1. The van der Waals surface area contributed by atoms with Gasteiger partial charge in [-0.15, -0.1) is 24.5 Å². The lowest BCUT2D eigenvalue weighted by atomic mass is 10.2. The van der Waals surface area contributed by atoms with Crippen molar-refractivity contribution >= 4 is 22.7 Å². The number of halogens is 4. The molecule has 0 unspecified atom stereocenters. The van der Waals surface area contributed by atoms with Crippen molar-refractivity contribution in [2.45, 2.75) is 6.36 Å². The minimum atomic E-state index is -4.88. The molecule has 0 spiro atoms. The molecular weight excluding hydrogens is 370 g/mol. The number of hydrazone groups is 1. The van der Waals surface area contributed by atoms with E-state index in [1.165, 1.54) is 11.3 Å². The van der Waals surface area contributed by atoms with Crippen LogP contribution >= 0.6 is 11.3 Å². The minimum Gasteiger partial charge on any atom is -0.405 e. The highest BCUT2D eigenvalue weighted by atomic mass is 32.1. The predicted octanol–water partition coefficient (Wildman–Crippen LogP) is 5.29. The number of nitrogens with one attached hydrogen (secondary N) is 1. The van der Waals surface area contributed by atoms with Crippen molar-refractivity contribution in [1.29, 1.82) is 0 Å². The van der Waals surface area contributed by atoms with E-state index in [1.54, 1.807) is 0 Å². The average Bonchev–Trinajstić information content (AvgIpc) is 3.06. The molecule has 2 aromatic carbocycles. The van der Waals surface area contributed by atoms with Crippen LogP contribution in [0.1, 0.15) is 5.56 Å². The van der Waals surface area contributed by atoms with E-state index in [-0.39, 0.29) is 5.56 Å². The van der Waals surface area contributed by atoms with E-state index in [0.29, 0.717) is 5.13 Å². The maximum atomic E-state index is 13.3. The van der Waals surface area contributed by atoms with Crippen LogP contribution in [0.15, 0.2) is 59.0 Å². The molecule has 9 heteroatoms. The molecule has 0 atom stereocenters. The molecule has 0 radical (unpaired) electrons. The quantitative estimate of drug-likeness (QED) is 0.371. The second kappa shape index (κ2) is 7.52. The Balaban J connectivity index is 1.73. The summed E-state index contributed by atoms with van der Waals surface area (Å²) in [7, 11) is 0. The number of anilines is 1. The van der Waals surface area contributed by atoms with Crippen molar-refractivity contribution in [2.75, 3.05) is 5.43 Å². The van der Waals surface area contributed by atoms with Crippen LogP contribution in [0.4, 0.5) is 22.7 Å². The van der Waals surface area contributed by atoms with Crippen molar-refractivity contribution in [3.63, 3.8) is 0 Å². The van der Waals surface area contributed by atoms with Gasteiger partial charge in [0, 0.05) is 16.5 Å². The van der Waals surface area contributed by atoms with Crippen LogP contribution in [0.25, 0.3) is 11.3 Å². The van der Waals surface area contributed by atoms with E-state index in [0.717, 1.165) is 35.7 Å². The van der Waals surface area contributed by atoms with Gasteiger partial charge in [0.2, 0.25) is 5.13 Å². The number of alkyl halides is 3. The number of hydrogen-bond donors (Lipinski definition) is 1. The Kier molecular flexibility index (Phi) is 5.17. The molecule has 3 rings (SSSR count). The molecule has 0 bridgehead atoms. The predicted molar refractivity (Wildman–Crippen MR) is 91.8 cm³/mol. The summed E-state index contributed by atoms with van der Waals surface area (Å²) in [6.07, 6.45) is -3.85. The van der Waals surface area contributed by atoms with Crippen LogP contribution in [0, 0.1) is 5.82 Å². The maximum Gasteiger partial charge on any atom is 0.573 e. The Morgan fingerprint density at radius 1 is 1.12 bits per heavy atom. The second-order valence-corrected chi connectivity index (χ2v) is 5.86. The summed E-state index contributed by atoms with van der Waals surface area (Å²) < 4.78 is 54.3. The lowest BCUT2D eigenvalue weighted by molar-refractivity contribution is -0.274. The Bertz CT molecular complexity index is 910. The number of hydrogen-bond acceptors (Lipinski definition) is 5. The Morgan fingerprint density at radius 2 is 1.88 bits per heavy atom. The van der Waals surface area contributed by atoms with E-state index in [2.05, 4.69) is 20.2 Å². The number of aromatic nitrogens is 1. The van der Waals surface area contributed by atoms with Gasteiger partial charge in [0.1, 0.15) is 11.6 Å². The summed E-state index contributed by atoms with van der Waals surface area (Å²) in [6.45, 7) is 0. The molecule has 134 valence electrons. The smallest absolute Gasteiger partial charge is 0.405 e. The molecular formula is C17H11F4N3OS. The molecule has 3 aromatic rings. The van der Waals surface area contributed by atoms with Crippen LogP contribution < -0.4 is 10.2 Å². The van der Waals surface area contributed by atoms with Crippen LogP contribution in [-0.2, 0) is 0 Å². The lowest BCUT2D eigenvalue weighted by Crippen LogP contribution is -2.18. The van der Waals surface area contributed by atoms with Crippen LogP contribution in [0.3, 0.4) is 0 Å². The number of nitrogens with zero attached hydrogens (tertiary/aromatic N) is 2. The fourth-order valence-electron chi connectivity index (χ4n) is 2.06. The molecule has 4 nitrogen and oxygen atoms in total. The van der Waals surface area contributed by atoms with Gasteiger partial charge in [-0.3, -0.25) is 5.43 Å². The normalized spacial score (nSPS) is 11.7. The minimum absolute atomic E-state index is 0.158. The first-order valence-electron chi connectivity index (χ1n) is 7.26. The Labute approximate surface area is 149 Å². The number of ether oxygens (including phenoxy) is 1. The highest BCUT2D eigenvalue weighted by molar-refractivity contribution is 7.14. The van der Waals surface area contributed by atoms with E-state index in [4.69, 9.17) is 0 Å². The molecule has 1 aromatic heterocycles. The summed E-state index contributed by atoms with van der Waals surface area (Å²) in [5, 5.41) is 6.06. The third-order valence-electron chi connectivity index (χ3n) is 3.14. The van der Waals surface area contributed by atoms with E-state index >= 15 is 0 Å². The van der Waals surface area contributed by atoms with Crippen molar-refractivity contribution in [3.05, 3.63) is 65.3 Å². The van der Waals surface area contributed by atoms with Gasteiger partial charge in [-0.1, -0.05) is 30.3 Å². The largest absolute Gasteiger partial charge is 0.573 e. The topological polar surface area (TPSA) is 46.5 Å². The number of benzene rings is 2. The third-order valence-corrected chi connectivity index (χ3v) is 3.88. The average molecular weight is 381 g/mol. The van der Waals surface area contributed by atoms with E-state index in [1.807, 2.05) is 35.7 Å². The first-order chi connectivity index (χ1) is 12.4. The summed E-state index contributed by atoms with van der Waals surface area (Å²) in [4.78, 5) is 4.32. The first kappa shape index (κ1) is 17.9. The summed E-state index contributed by atoms with van der Waals surface area (Å²) >= 11 is 1.28. The van der Waals surface area contributed by atoms with E-state index < -0.39 is 17.9 Å².